The van der Waals surface area contributed by atoms with Crippen molar-refractivity contribution in [2.75, 3.05) is 26.4 Å². The predicted octanol–water partition coefficient (Wildman–Crippen LogP) is 10.8. The largest absolute Gasteiger partial charge is 0.477 e. The molecule has 23 heteroatoms. The first-order valence-corrected chi connectivity index (χ1v) is 40.9. The van der Waals surface area contributed by atoms with Crippen LogP contribution < -0.4 is 10.6 Å². The molecule has 3 saturated heterocycles. The zero-order valence-corrected chi connectivity index (χ0v) is 63.0. The summed E-state index contributed by atoms with van der Waals surface area (Å²) in [5, 5.41) is 136. The van der Waals surface area contributed by atoms with E-state index in [9.17, 15) is 75.7 Å². The van der Waals surface area contributed by atoms with E-state index in [-0.39, 0.29) is 18.9 Å². The number of unbranched alkanes of at least 4 members (excludes halogenated alkanes) is 45. The summed E-state index contributed by atoms with van der Waals surface area (Å²) in [5.74, 6) is -6.09. The Balaban J connectivity index is 1.37. The van der Waals surface area contributed by atoms with Gasteiger partial charge in [0.25, 0.3) is 5.79 Å². The van der Waals surface area contributed by atoms with E-state index < -0.39 is 148 Å². The van der Waals surface area contributed by atoms with Gasteiger partial charge in [-0.1, -0.05) is 309 Å². The molecule has 101 heavy (non-hydrogen) atoms. The number of carbonyl (C=O) groups is 3. The van der Waals surface area contributed by atoms with Crippen molar-refractivity contribution < 1.29 is 104 Å². The van der Waals surface area contributed by atoms with Crippen LogP contribution in [0.25, 0.3) is 0 Å². The molecule has 0 bridgehead atoms. The van der Waals surface area contributed by atoms with Gasteiger partial charge in [-0.2, -0.15) is 0 Å². The fraction of sp³-hybridized carbons (Fsp3) is 0.962. The molecule has 18 unspecified atom stereocenters. The number of aliphatic carboxylic acids is 1. The highest BCUT2D eigenvalue weighted by Gasteiger charge is 2.60. The summed E-state index contributed by atoms with van der Waals surface area (Å²) in [4.78, 5) is 38.6. The van der Waals surface area contributed by atoms with E-state index in [1.165, 1.54) is 244 Å². The third kappa shape index (κ3) is 38.4. The summed E-state index contributed by atoms with van der Waals surface area (Å²) in [6, 6.07) is -2.52. The Morgan fingerprint density at radius 2 is 0.861 bits per heavy atom. The van der Waals surface area contributed by atoms with Gasteiger partial charge in [-0.05, 0) is 12.8 Å². The Morgan fingerprint density at radius 3 is 1.24 bits per heavy atom. The Morgan fingerprint density at radius 1 is 0.475 bits per heavy atom. The second kappa shape index (κ2) is 57.8. The van der Waals surface area contributed by atoms with Gasteiger partial charge in [0, 0.05) is 19.8 Å². The normalized spacial score (nSPS) is 26.7. The number of carboxylic acid groups (broad SMARTS) is 1. The van der Waals surface area contributed by atoms with Crippen LogP contribution in [0, 0.1) is 0 Å². The highest BCUT2D eigenvalue weighted by molar-refractivity contribution is 5.77. The fourth-order valence-electron chi connectivity index (χ4n) is 14.6. The topological polar surface area (TPSA) is 373 Å². The van der Waals surface area contributed by atoms with Gasteiger partial charge in [0.15, 0.2) is 12.6 Å². The van der Waals surface area contributed by atoms with Gasteiger partial charge >= 0.3 is 5.97 Å². The maximum absolute atomic E-state index is 13.5. The van der Waals surface area contributed by atoms with Crippen molar-refractivity contribution in [3.05, 3.63) is 0 Å². The predicted molar refractivity (Wildman–Crippen MR) is 389 cm³/mol. The quantitative estimate of drug-likeness (QED) is 0.0252. The average molecular weight is 1450 g/mol. The van der Waals surface area contributed by atoms with Crippen LogP contribution in [0.5, 0.6) is 0 Å². The number of carboxylic acids is 1. The molecule has 23 nitrogen and oxygen atoms in total. The molecule has 2 amide bonds. The lowest BCUT2D eigenvalue weighted by Gasteiger charge is -2.50. The highest BCUT2D eigenvalue weighted by atomic mass is 16.8. The average Bonchev–Trinajstić information content (AvgIpc) is 0.756. The number of aliphatic hydroxyl groups is 11. The molecule has 18 atom stereocenters. The molecule has 0 radical (unpaired) electrons. The summed E-state index contributed by atoms with van der Waals surface area (Å²) < 4.78 is 34.9. The Labute approximate surface area is 608 Å². The van der Waals surface area contributed by atoms with E-state index in [2.05, 4.69) is 24.5 Å². The molecule has 0 aromatic rings. The van der Waals surface area contributed by atoms with E-state index in [4.69, 9.17) is 28.4 Å². The molecule has 0 spiro atoms. The minimum Gasteiger partial charge on any atom is -0.477 e. The monoisotopic (exact) mass is 1450 g/mol. The molecule has 0 saturated carbocycles. The van der Waals surface area contributed by atoms with Gasteiger partial charge < -0.3 is 100 Å². The van der Waals surface area contributed by atoms with E-state index in [1.807, 2.05) is 0 Å². The van der Waals surface area contributed by atoms with Crippen molar-refractivity contribution in [2.24, 2.45) is 0 Å². The molecule has 0 aromatic carbocycles. The first-order chi connectivity index (χ1) is 48.9. The smallest absolute Gasteiger partial charge is 0.364 e. The van der Waals surface area contributed by atoms with Crippen LogP contribution in [0.15, 0.2) is 0 Å². The van der Waals surface area contributed by atoms with Crippen molar-refractivity contribution in [1.82, 2.24) is 10.6 Å². The van der Waals surface area contributed by atoms with Crippen molar-refractivity contribution in [2.45, 2.75) is 452 Å². The number of rotatable bonds is 65. The van der Waals surface area contributed by atoms with Crippen LogP contribution in [0.2, 0.25) is 0 Å². The molecule has 0 aliphatic carbocycles. The van der Waals surface area contributed by atoms with Gasteiger partial charge in [-0.25, -0.2) is 4.79 Å². The minimum absolute atomic E-state index is 0.229. The third-order valence-corrected chi connectivity index (χ3v) is 21.1. The number of ether oxygens (including phenoxy) is 6. The van der Waals surface area contributed by atoms with Gasteiger partial charge in [0.05, 0.1) is 50.7 Å². The summed E-state index contributed by atoms with van der Waals surface area (Å²) in [7, 11) is 0. The van der Waals surface area contributed by atoms with E-state index in [0.717, 1.165) is 51.9 Å². The Hall–Kier alpha value is -2.27. The lowest BCUT2D eigenvalue weighted by Crippen LogP contribution is -2.70. The van der Waals surface area contributed by atoms with Gasteiger partial charge in [-0.3, -0.25) is 9.59 Å². The van der Waals surface area contributed by atoms with Crippen molar-refractivity contribution in [1.29, 1.82) is 0 Å². The maximum atomic E-state index is 13.5. The number of amides is 2. The molecule has 3 aliphatic heterocycles. The molecule has 3 rings (SSSR count). The first kappa shape index (κ1) is 92.9. The van der Waals surface area contributed by atoms with Crippen LogP contribution in [0.3, 0.4) is 0 Å². The summed E-state index contributed by atoms with van der Waals surface area (Å²) in [6.45, 7) is 2.22. The Kier molecular flexibility index (Phi) is 53.2. The summed E-state index contributed by atoms with van der Waals surface area (Å²) >= 11 is 0. The van der Waals surface area contributed by atoms with E-state index in [0.29, 0.717) is 19.3 Å². The Bertz CT molecular complexity index is 2020. The second-order valence-electron chi connectivity index (χ2n) is 30.0. The molecular formula is C78H148N2O21. The number of hydrogen-bond acceptors (Lipinski definition) is 20. The van der Waals surface area contributed by atoms with E-state index in [1.54, 1.807) is 0 Å². The van der Waals surface area contributed by atoms with Crippen LogP contribution in [-0.2, 0) is 42.8 Å². The van der Waals surface area contributed by atoms with Crippen molar-refractivity contribution >= 4 is 17.8 Å². The molecule has 0 aromatic heterocycles. The van der Waals surface area contributed by atoms with Gasteiger partial charge in [0.2, 0.25) is 11.8 Å². The van der Waals surface area contributed by atoms with E-state index >= 15 is 0 Å². The number of carbonyl (C=O) groups excluding carboxylic acids is 2. The molecule has 3 fully saturated rings. The maximum Gasteiger partial charge on any atom is 0.364 e. The lowest BCUT2D eigenvalue weighted by atomic mass is 9.88. The SMILES string of the molecule is CCCCCCCCCCCCCCCCCCCCCCCCCCCCCCCCCCCCCCCC(=O)NC(COC1OC(CO)C(OC2OC(CO)C(O)C(OC3(C(=O)O)CC(O)C(NC(C)=O)C(C(O)C(O)CO)O3)C2O)C(O)C1O)C(O)CCCCCCCCCCCC. The molecule has 3 heterocycles. The molecular weight excluding hydrogens is 1300 g/mol. The van der Waals surface area contributed by atoms with Crippen LogP contribution in [0.4, 0.5) is 0 Å². The first-order valence-electron chi connectivity index (χ1n) is 40.9. The van der Waals surface area contributed by atoms with Gasteiger partial charge in [-0.15, -0.1) is 0 Å². The second-order valence-corrected chi connectivity index (χ2v) is 30.0. The summed E-state index contributed by atoms with van der Waals surface area (Å²) in [5.41, 5.74) is 0. The number of nitrogens with one attached hydrogen (secondary N) is 2. The zero-order chi connectivity index (χ0) is 73.9. The van der Waals surface area contributed by atoms with Gasteiger partial charge in [0.1, 0.15) is 67.1 Å². The third-order valence-electron chi connectivity index (χ3n) is 21.1. The van der Waals surface area contributed by atoms with Crippen LogP contribution in [-0.4, -0.2) is 215 Å². The van der Waals surface area contributed by atoms with Crippen molar-refractivity contribution in [3.8, 4) is 0 Å². The standard InChI is InChI=1S/C78H148N2O21/c1-4-6-8-10-12-14-16-17-18-19-20-21-22-23-24-25-26-27-28-29-30-31-32-33-34-35-36-37-38-39-40-41-42-44-46-48-50-52-65(88)80-59(60(85)51-49-47-45-43-15-13-11-9-7-5-2)57-96-75-70(92)69(91)72(64(56-83)98-75)99-76-71(93)74(68(90)63(55-82)97-76)101-78(77(94)95)53-61(86)66(79-58(3)84)73(100-78)67(89)62(87)54-81/h59-64,66-76,81-83,85-87,89-93H,4-57H2,1-3H3,(H,79,84)(H,80,88)(H,94,95). The van der Waals surface area contributed by atoms with Crippen LogP contribution in [0.1, 0.15) is 342 Å². The fourth-order valence-corrected chi connectivity index (χ4v) is 14.6. The number of hydrogen-bond donors (Lipinski definition) is 14. The van der Waals surface area contributed by atoms with Crippen molar-refractivity contribution in [3.63, 3.8) is 0 Å². The molecule has 596 valence electrons. The minimum atomic E-state index is -3.08. The van der Waals surface area contributed by atoms with Crippen LogP contribution >= 0.6 is 0 Å². The lowest BCUT2D eigenvalue weighted by molar-refractivity contribution is -0.386. The molecule has 3 aliphatic rings. The number of aliphatic hydroxyl groups excluding tert-OH is 11. The summed E-state index contributed by atoms with van der Waals surface area (Å²) in [6.07, 6.45) is 31.7. The molecule has 14 N–H and O–H groups in total. The zero-order valence-electron chi connectivity index (χ0n) is 63.0. The highest BCUT2D eigenvalue weighted by Crippen LogP contribution is 2.39.